The second-order valence-electron chi connectivity index (χ2n) is 3.65. The molecular weight excluding hydrogens is 228 g/mol. The van der Waals surface area contributed by atoms with Crippen LogP contribution in [0.5, 0.6) is 0 Å². The van der Waals surface area contributed by atoms with Crippen molar-refractivity contribution in [1.29, 1.82) is 0 Å². The Morgan fingerprint density at radius 2 is 2.15 bits per heavy atom. The molecule has 2 heteroatoms. The van der Waals surface area contributed by atoms with Gasteiger partial charge in [0.25, 0.3) is 0 Å². The molecule has 0 N–H and O–H groups in total. The van der Waals surface area contributed by atoms with Crippen LogP contribution in [0.3, 0.4) is 0 Å². The van der Waals surface area contributed by atoms with Gasteiger partial charge in [0, 0.05) is 4.47 Å². The first-order valence-electron chi connectivity index (χ1n) is 4.42. The van der Waals surface area contributed by atoms with Crippen LogP contribution in [0.2, 0.25) is 0 Å². The van der Waals surface area contributed by atoms with Gasteiger partial charge in [-0.3, -0.25) is 4.79 Å². The van der Waals surface area contributed by atoms with Gasteiger partial charge in [-0.05, 0) is 37.5 Å². The highest BCUT2D eigenvalue weighted by Crippen LogP contribution is 2.49. The summed E-state index contributed by atoms with van der Waals surface area (Å²) in [5.41, 5.74) is 1.03. The first-order valence-corrected chi connectivity index (χ1v) is 5.21. The lowest BCUT2D eigenvalue weighted by molar-refractivity contribution is -0.119. The minimum absolute atomic E-state index is 0.135. The standard InChI is InChI=1S/C11H11BrO/c1-8(13)11(5-6-11)9-3-2-4-10(12)7-9/h2-4,7H,5-6H2,1H3. The fourth-order valence-electron chi connectivity index (χ4n) is 1.76. The van der Waals surface area contributed by atoms with Crippen LogP contribution in [-0.4, -0.2) is 5.78 Å². The van der Waals surface area contributed by atoms with Crippen molar-refractivity contribution >= 4 is 21.7 Å². The first-order chi connectivity index (χ1) is 6.15. The zero-order valence-corrected chi connectivity index (χ0v) is 9.10. The minimum Gasteiger partial charge on any atom is -0.299 e. The largest absolute Gasteiger partial charge is 0.299 e. The number of hydrogen-bond donors (Lipinski definition) is 0. The van der Waals surface area contributed by atoms with Crippen molar-refractivity contribution in [2.45, 2.75) is 25.2 Å². The first kappa shape index (κ1) is 8.95. The number of halogens is 1. The molecule has 0 bridgehead atoms. The Morgan fingerprint density at radius 3 is 2.62 bits per heavy atom. The van der Waals surface area contributed by atoms with E-state index in [1.54, 1.807) is 6.92 Å². The van der Waals surface area contributed by atoms with Crippen LogP contribution >= 0.6 is 15.9 Å². The molecule has 1 aromatic rings. The van der Waals surface area contributed by atoms with Crippen molar-refractivity contribution < 1.29 is 4.79 Å². The molecule has 1 aliphatic carbocycles. The van der Waals surface area contributed by atoms with Gasteiger partial charge in [0.2, 0.25) is 0 Å². The lowest BCUT2D eigenvalue weighted by atomic mass is 9.92. The van der Waals surface area contributed by atoms with E-state index in [0.717, 1.165) is 22.9 Å². The maximum absolute atomic E-state index is 11.4. The van der Waals surface area contributed by atoms with Crippen molar-refractivity contribution in [1.82, 2.24) is 0 Å². The molecule has 1 nitrogen and oxygen atoms in total. The second-order valence-corrected chi connectivity index (χ2v) is 4.56. The Hall–Kier alpha value is -0.630. The molecule has 0 saturated heterocycles. The number of hydrogen-bond acceptors (Lipinski definition) is 1. The average molecular weight is 239 g/mol. The Kier molecular flexibility index (Phi) is 2.03. The van der Waals surface area contributed by atoms with E-state index in [1.165, 1.54) is 0 Å². The lowest BCUT2D eigenvalue weighted by Gasteiger charge is -2.11. The molecule has 1 fully saturated rings. The molecule has 0 spiro atoms. The summed E-state index contributed by atoms with van der Waals surface area (Å²) in [7, 11) is 0. The quantitative estimate of drug-likeness (QED) is 0.775. The van der Waals surface area contributed by atoms with Gasteiger partial charge in [0.15, 0.2) is 0 Å². The maximum atomic E-state index is 11.4. The monoisotopic (exact) mass is 238 g/mol. The molecule has 0 heterocycles. The Morgan fingerprint density at radius 1 is 1.46 bits per heavy atom. The zero-order valence-electron chi connectivity index (χ0n) is 7.51. The molecule has 0 atom stereocenters. The van der Waals surface area contributed by atoms with Gasteiger partial charge in [-0.2, -0.15) is 0 Å². The van der Waals surface area contributed by atoms with Crippen LogP contribution in [0.15, 0.2) is 28.7 Å². The molecule has 13 heavy (non-hydrogen) atoms. The summed E-state index contributed by atoms with van der Waals surface area (Å²) in [6, 6.07) is 8.07. The van der Waals surface area contributed by atoms with E-state index in [0.29, 0.717) is 5.78 Å². The number of carbonyl (C=O) groups excluding carboxylic acids is 1. The summed E-state index contributed by atoms with van der Waals surface area (Å²) in [4.78, 5) is 11.4. The van der Waals surface area contributed by atoms with E-state index in [1.807, 2.05) is 18.2 Å². The minimum atomic E-state index is -0.135. The number of ketones is 1. The highest BCUT2D eigenvalue weighted by molar-refractivity contribution is 9.10. The Labute approximate surface area is 86.3 Å². The Bertz CT molecular complexity index is 353. The fraction of sp³-hybridized carbons (Fsp3) is 0.364. The van der Waals surface area contributed by atoms with Crippen LogP contribution in [0.1, 0.15) is 25.3 Å². The number of Topliss-reactive ketones (excluding diaryl/α,β-unsaturated/α-hetero) is 1. The smallest absolute Gasteiger partial charge is 0.140 e. The Balaban J connectivity index is 2.41. The fourth-order valence-corrected chi connectivity index (χ4v) is 2.15. The highest BCUT2D eigenvalue weighted by atomic mass is 79.9. The van der Waals surface area contributed by atoms with Crippen LogP contribution in [0, 0.1) is 0 Å². The molecule has 0 unspecified atom stereocenters. The van der Waals surface area contributed by atoms with E-state index >= 15 is 0 Å². The van der Waals surface area contributed by atoms with Crippen molar-refractivity contribution in [3.05, 3.63) is 34.3 Å². The number of carbonyl (C=O) groups is 1. The predicted octanol–water partition coefficient (Wildman–Crippen LogP) is 3.07. The molecule has 68 valence electrons. The third kappa shape index (κ3) is 1.44. The van der Waals surface area contributed by atoms with Crippen molar-refractivity contribution in [2.75, 3.05) is 0 Å². The molecule has 0 radical (unpaired) electrons. The van der Waals surface area contributed by atoms with Gasteiger partial charge in [-0.15, -0.1) is 0 Å². The van der Waals surface area contributed by atoms with Gasteiger partial charge in [0.05, 0.1) is 5.41 Å². The van der Waals surface area contributed by atoms with E-state index in [2.05, 4.69) is 22.0 Å². The van der Waals surface area contributed by atoms with Crippen LogP contribution in [-0.2, 0) is 10.2 Å². The van der Waals surface area contributed by atoms with Crippen LogP contribution in [0.4, 0.5) is 0 Å². The highest BCUT2D eigenvalue weighted by Gasteiger charge is 2.48. The third-order valence-electron chi connectivity index (χ3n) is 2.80. The van der Waals surface area contributed by atoms with E-state index in [-0.39, 0.29) is 5.41 Å². The summed E-state index contributed by atoms with van der Waals surface area (Å²) in [5, 5.41) is 0. The van der Waals surface area contributed by atoms with E-state index in [9.17, 15) is 4.79 Å². The zero-order chi connectivity index (χ0) is 9.47. The van der Waals surface area contributed by atoms with Crippen molar-refractivity contribution in [2.24, 2.45) is 0 Å². The molecule has 0 aromatic heterocycles. The van der Waals surface area contributed by atoms with Crippen LogP contribution in [0.25, 0.3) is 0 Å². The summed E-state index contributed by atoms with van der Waals surface area (Å²) in [5.74, 6) is 0.297. The lowest BCUT2D eigenvalue weighted by Crippen LogP contribution is -2.16. The van der Waals surface area contributed by atoms with Gasteiger partial charge >= 0.3 is 0 Å². The number of benzene rings is 1. The normalized spacial score (nSPS) is 18.3. The van der Waals surface area contributed by atoms with Gasteiger partial charge in [-0.1, -0.05) is 28.1 Å². The topological polar surface area (TPSA) is 17.1 Å². The van der Waals surface area contributed by atoms with Gasteiger partial charge in [-0.25, -0.2) is 0 Å². The molecule has 1 aliphatic rings. The summed E-state index contributed by atoms with van der Waals surface area (Å²) in [6.45, 7) is 1.69. The maximum Gasteiger partial charge on any atom is 0.140 e. The molecule has 1 aromatic carbocycles. The SMILES string of the molecule is CC(=O)C1(c2cccc(Br)c2)CC1. The van der Waals surface area contributed by atoms with Gasteiger partial charge in [0.1, 0.15) is 5.78 Å². The van der Waals surface area contributed by atoms with E-state index < -0.39 is 0 Å². The predicted molar refractivity (Wildman–Crippen MR) is 55.7 cm³/mol. The molecule has 0 aliphatic heterocycles. The molecular formula is C11H11BrO. The molecule has 2 rings (SSSR count). The van der Waals surface area contributed by atoms with E-state index in [4.69, 9.17) is 0 Å². The van der Waals surface area contributed by atoms with Crippen molar-refractivity contribution in [3.63, 3.8) is 0 Å². The van der Waals surface area contributed by atoms with Gasteiger partial charge < -0.3 is 0 Å². The molecule has 1 saturated carbocycles. The average Bonchev–Trinajstić information content (AvgIpc) is 2.83. The van der Waals surface area contributed by atoms with Crippen molar-refractivity contribution in [3.8, 4) is 0 Å². The number of rotatable bonds is 2. The summed E-state index contributed by atoms with van der Waals surface area (Å²) >= 11 is 3.42. The summed E-state index contributed by atoms with van der Waals surface area (Å²) < 4.78 is 1.05. The summed E-state index contributed by atoms with van der Waals surface area (Å²) in [6.07, 6.45) is 2.03. The molecule has 0 amide bonds. The van der Waals surface area contributed by atoms with Crippen LogP contribution < -0.4 is 0 Å². The second kappa shape index (κ2) is 2.95. The third-order valence-corrected chi connectivity index (χ3v) is 3.29.